The highest BCUT2D eigenvalue weighted by atomic mass is 15.2. The van der Waals surface area contributed by atoms with E-state index in [1.807, 2.05) is 0 Å². The Bertz CT molecular complexity index is 146. The van der Waals surface area contributed by atoms with Crippen molar-refractivity contribution in [3.8, 4) is 0 Å². The zero-order valence-corrected chi connectivity index (χ0v) is 7.51. The average Bonchev–Trinajstić information content (AvgIpc) is 2.46. The molecule has 0 aliphatic carbocycles. The Morgan fingerprint density at radius 1 is 1.55 bits per heavy atom. The molecule has 2 fully saturated rings. The van der Waals surface area contributed by atoms with Gasteiger partial charge in [-0.1, -0.05) is 6.92 Å². The molecule has 0 aromatic heterocycles. The molecule has 2 saturated heterocycles. The summed E-state index contributed by atoms with van der Waals surface area (Å²) in [6, 6.07) is 1.62. The Hall–Kier alpha value is -0.0800. The van der Waals surface area contributed by atoms with Gasteiger partial charge in [-0.25, -0.2) is 0 Å². The molecule has 0 amide bonds. The minimum Gasteiger partial charge on any atom is -0.312 e. The molecule has 0 bridgehead atoms. The number of likely N-dealkylation sites (N-methyl/N-ethyl adjacent to an activating group) is 1. The van der Waals surface area contributed by atoms with Gasteiger partial charge in [-0.2, -0.15) is 0 Å². The fraction of sp³-hybridized carbons (Fsp3) is 1.00. The van der Waals surface area contributed by atoms with Crippen molar-refractivity contribution in [3.63, 3.8) is 0 Å². The maximum atomic E-state index is 3.61. The SMILES string of the molecule is CC[C@H]1[C@@H]2NCC[C@@H]2CN1C. The van der Waals surface area contributed by atoms with Crippen molar-refractivity contribution in [1.29, 1.82) is 0 Å². The summed E-state index contributed by atoms with van der Waals surface area (Å²) in [7, 11) is 2.26. The summed E-state index contributed by atoms with van der Waals surface area (Å²) in [4.78, 5) is 2.52. The highest BCUT2D eigenvalue weighted by Crippen LogP contribution is 2.30. The van der Waals surface area contributed by atoms with Crippen molar-refractivity contribution in [1.82, 2.24) is 10.2 Å². The molecule has 0 spiro atoms. The summed E-state index contributed by atoms with van der Waals surface area (Å²) in [6.45, 7) is 4.86. The highest BCUT2D eigenvalue weighted by molar-refractivity contribution is 4.99. The summed E-state index contributed by atoms with van der Waals surface area (Å²) >= 11 is 0. The monoisotopic (exact) mass is 154 g/mol. The molecule has 1 N–H and O–H groups in total. The molecule has 2 heteroatoms. The van der Waals surface area contributed by atoms with Crippen molar-refractivity contribution in [3.05, 3.63) is 0 Å². The molecule has 2 heterocycles. The third kappa shape index (κ3) is 1.09. The molecule has 2 aliphatic rings. The average molecular weight is 154 g/mol. The molecule has 0 unspecified atom stereocenters. The molecule has 64 valence electrons. The van der Waals surface area contributed by atoms with Crippen LogP contribution in [0.15, 0.2) is 0 Å². The maximum Gasteiger partial charge on any atom is 0.0264 e. The van der Waals surface area contributed by atoms with Crippen molar-refractivity contribution < 1.29 is 0 Å². The molecule has 2 nitrogen and oxygen atoms in total. The lowest BCUT2D eigenvalue weighted by Crippen LogP contribution is -2.39. The van der Waals surface area contributed by atoms with Gasteiger partial charge in [-0.3, -0.25) is 0 Å². The van der Waals surface area contributed by atoms with Crippen LogP contribution in [0.4, 0.5) is 0 Å². The van der Waals surface area contributed by atoms with E-state index in [-0.39, 0.29) is 0 Å². The second-order valence-electron chi connectivity index (χ2n) is 3.94. The van der Waals surface area contributed by atoms with E-state index in [1.165, 1.54) is 25.9 Å². The van der Waals surface area contributed by atoms with Crippen LogP contribution in [0.3, 0.4) is 0 Å². The first-order valence-corrected chi connectivity index (χ1v) is 4.76. The van der Waals surface area contributed by atoms with E-state index in [0.717, 1.165) is 18.0 Å². The zero-order chi connectivity index (χ0) is 7.84. The first-order chi connectivity index (χ1) is 5.33. The van der Waals surface area contributed by atoms with Crippen LogP contribution in [0.1, 0.15) is 19.8 Å². The van der Waals surface area contributed by atoms with Gasteiger partial charge in [-0.05, 0) is 32.4 Å². The van der Waals surface area contributed by atoms with Crippen molar-refractivity contribution in [2.75, 3.05) is 20.1 Å². The summed E-state index contributed by atoms with van der Waals surface area (Å²) < 4.78 is 0. The van der Waals surface area contributed by atoms with Crippen LogP contribution in [-0.2, 0) is 0 Å². The number of likely N-dealkylation sites (tertiary alicyclic amines) is 1. The second-order valence-corrected chi connectivity index (χ2v) is 3.94. The van der Waals surface area contributed by atoms with E-state index in [0.29, 0.717) is 0 Å². The van der Waals surface area contributed by atoms with Crippen LogP contribution >= 0.6 is 0 Å². The molecule has 11 heavy (non-hydrogen) atoms. The second kappa shape index (κ2) is 2.76. The molecule has 0 aromatic rings. The van der Waals surface area contributed by atoms with Crippen LogP contribution in [0.2, 0.25) is 0 Å². The smallest absolute Gasteiger partial charge is 0.0264 e. The number of rotatable bonds is 1. The quantitative estimate of drug-likeness (QED) is 0.598. The van der Waals surface area contributed by atoms with E-state index < -0.39 is 0 Å². The molecular formula is C9H18N2. The van der Waals surface area contributed by atoms with E-state index >= 15 is 0 Å². The predicted octanol–water partition coefficient (Wildman–Crippen LogP) is 0.689. The summed E-state index contributed by atoms with van der Waals surface area (Å²) in [5, 5.41) is 3.61. The lowest BCUT2D eigenvalue weighted by molar-refractivity contribution is 0.275. The Labute approximate surface area is 69.0 Å². The third-order valence-electron chi connectivity index (χ3n) is 3.32. The number of nitrogens with one attached hydrogen (secondary N) is 1. The Balaban J connectivity index is 2.07. The van der Waals surface area contributed by atoms with Gasteiger partial charge in [0.1, 0.15) is 0 Å². The standard InChI is InChI=1S/C9H18N2/c1-3-8-9-7(4-5-10-9)6-11(8)2/h7-10H,3-6H2,1-2H3/t7-,8+,9-/m1/s1. The number of hydrogen-bond acceptors (Lipinski definition) is 2. The van der Waals surface area contributed by atoms with Crippen molar-refractivity contribution in [2.24, 2.45) is 5.92 Å². The first-order valence-electron chi connectivity index (χ1n) is 4.76. The Kier molecular flexibility index (Phi) is 1.90. The molecular weight excluding hydrogens is 136 g/mol. The lowest BCUT2D eigenvalue weighted by Gasteiger charge is -2.22. The molecule has 0 aromatic carbocycles. The Morgan fingerprint density at radius 2 is 2.36 bits per heavy atom. The number of nitrogens with zero attached hydrogens (tertiary/aromatic N) is 1. The van der Waals surface area contributed by atoms with E-state index in [2.05, 4.69) is 24.2 Å². The molecule has 3 atom stereocenters. The van der Waals surface area contributed by atoms with Gasteiger partial charge in [-0.15, -0.1) is 0 Å². The summed E-state index contributed by atoms with van der Waals surface area (Å²) in [5.74, 6) is 0.949. The summed E-state index contributed by atoms with van der Waals surface area (Å²) in [6.07, 6.45) is 2.69. The first kappa shape index (κ1) is 7.56. The number of fused-ring (bicyclic) bond motifs is 1. The fourth-order valence-corrected chi connectivity index (χ4v) is 2.78. The van der Waals surface area contributed by atoms with E-state index in [1.54, 1.807) is 0 Å². The predicted molar refractivity (Wildman–Crippen MR) is 46.6 cm³/mol. The zero-order valence-electron chi connectivity index (χ0n) is 7.51. The highest BCUT2D eigenvalue weighted by Gasteiger charge is 2.40. The minimum atomic E-state index is 0.808. The van der Waals surface area contributed by atoms with Gasteiger partial charge in [0.2, 0.25) is 0 Å². The largest absolute Gasteiger partial charge is 0.312 e. The maximum absolute atomic E-state index is 3.61. The van der Waals surface area contributed by atoms with Gasteiger partial charge in [0.05, 0.1) is 0 Å². The van der Waals surface area contributed by atoms with Gasteiger partial charge in [0.15, 0.2) is 0 Å². The number of hydrogen-bond donors (Lipinski definition) is 1. The molecule has 2 aliphatic heterocycles. The molecule has 0 saturated carbocycles. The van der Waals surface area contributed by atoms with Crippen LogP contribution in [0.5, 0.6) is 0 Å². The Morgan fingerprint density at radius 3 is 3.09 bits per heavy atom. The van der Waals surface area contributed by atoms with Crippen LogP contribution in [0, 0.1) is 5.92 Å². The van der Waals surface area contributed by atoms with E-state index in [9.17, 15) is 0 Å². The van der Waals surface area contributed by atoms with Crippen LogP contribution in [0.25, 0.3) is 0 Å². The fourth-order valence-electron chi connectivity index (χ4n) is 2.78. The van der Waals surface area contributed by atoms with Crippen LogP contribution in [-0.4, -0.2) is 37.1 Å². The lowest BCUT2D eigenvalue weighted by atomic mass is 9.99. The summed E-state index contributed by atoms with van der Waals surface area (Å²) in [5.41, 5.74) is 0. The topological polar surface area (TPSA) is 15.3 Å². The van der Waals surface area contributed by atoms with E-state index in [4.69, 9.17) is 0 Å². The normalized spacial score (nSPS) is 44.7. The van der Waals surface area contributed by atoms with Gasteiger partial charge < -0.3 is 10.2 Å². The molecule has 0 radical (unpaired) electrons. The van der Waals surface area contributed by atoms with Gasteiger partial charge in [0, 0.05) is 18.6 Å². The van der Waals surface area contributed by atoms with Gasteiger partial charge in [0.25, 0.3) is 0 Å². The van der Waals surface area contributed by atoms with Crippen molar-refractivity contribution >= 4 is 0 Å². The van der Waals surface area contributed by atoms with Crippen molar-refractivity contribution in [2.45, 2.75) is 31.8 Å². The van der Waals surface area contributed by atoms with Crippen LogP contribution < -0.4 is 5.32 Å². The van der Waals surface area contributed by atoms with Gasteiger partial charge >= 0.3 is 0 Å². The minimum absolute atomic E-state index is 0.808. The molecule has 2 rings (SSSR count). The third-order valence-corrected chi connectivity index (χ3v) is 3.32.